The average Bonchev–Trinajstić information content (AvgIpc) is 2.74. The van der Waals surface area contributed by atoms with E-state index in [1.54, 1.807) is 9.80 Å². The van der Waals surface area contributed by atoms with Crippen LogP contribution in [0.5, 0.6) is 0 Å². The molecule has 2 saturated heterocycles. The number of hydrogen-bond acceptors (Lipinski definition) is 3. The number of nitrogens with zero attached hydrogens (tertiary/aromatic N) is 2. The zero-order chi connectivity index (χ0) is 11.7. The van der Waals surface area contributed by atoms with Crippen molar-refractivity contribution in [3.05, 3.63) is 0 Å². The molecule has 0 spiro atoms. The van der Waals surface area contributed by atoms with Crippen molar-refractivity contribution in [2.45, 2.75) is 38.8 Å². The molecule has 2 amide bonds. The Morgan fingerprint density at radius 2 is 1.81 bits per heavy atom. The Labute approximate surface area is 95.3 Å². The molecule has 5 nitrogen and oxygen atoms in total. The quantitative estimate of drug-likeness (QED) is 0.667. The largest absolute Gasteiger partial charge is 0.462 e. The highest BCUT2D eigenvalue weighted by atomic mass is 16.5. The lowest BCUT2D eigenvalue weighted by molar-refractivity contribution is -0.141. The van der Waals surface area contributed by atoms with Crippen LogP contribution in [0.3, 0.4) is 0 Å². The van der Waals surface area contributed by atoms with Crippen LogP contribution in [0.25, 0.3) is 0 Å². The van der Waals surface area contributed by atoms with Gasteiger partial charge in [-0.3, -0.25) is 0 Å². The molecule has 5 heteroatoms. The van der Waals surface area contributed by atoms with Gasteiger partial charge >= 0.3 is 12.0 Å². The number of rotatable bonds is 4. The van der Waals surface area contributed by atoms with E-state index in [9.17, 15) is 9.59 Å². The minimum absolute atomic E-state index is 0.00431. The standard InChI is InChI=1S/C11H18N2O3/c1-3-5-12-8-7-16-10(14)9(8)13(6-4-2)11(12)15/h8-9H,3-7H2,1-2H3. The highest BCUT2D eigenvalue weighted by Crippen LogP contribution is 2.29. The normalized spacial score (nSPS) is 28.6. The fourth-order valence-corrected chi connectivity index (χ4v) is 2.50. The first kappa shape index (κ1) is 11.2. The predicted octanol–water partition coefficient (Wildman–Crippen LogP) is 0.838. The molecule has 2 atom stereocenters. The van der Waals surface area contributed by atoms with E-state index in [1.165, 1.54) is 0 Å². The third-order valence-electron chi connectivity index (χ3n) is 3.16. The third-order valence-corrected chi connectivity index (χ3v) is 3.16. The number of fused-ring (bicyclic) bond motifs is 1. The second-order valence-electron chi connectivity index (χ2n) is 4.31. The van der Waals surface area contributed by atoms with Crippen molar-refractivity contribution in [3.63, 3.8) is 0 Å². The monoisotopic (exact) mass is 226 g/mol. The van der Waals surface area contributed by atoms with E-state index in [1.807, 2.05) is 13.8 Å². The van der Waals surface area contributed by atoms with Gasteiger partial charge in [-0.2, -0.15) is 0 Å². The van der Waals surface area contributed by atoms with Gasteiger partial charge in [-0.25, -0.2) is 9.59 Å². The molecule has 2 fully saturated rings. The molecule has 0 aromatic heterocycles. The summed E-state index contributed by atoms with van der Waals surface area (Å²) in [5, 5.41) is 0. The van der Waals surface area contributed by atoms with Gasteiger partial charge in [0, 0.05) is 13.1 Å². The van der Waals surface area contributed by atoms with Gasteiger partial charge in [0.1, 0.15) is 6.61 Å². The zero-order valence-electron chi connectivity index (χ0n) is 9.81. The summed E-state index contributed by atoms with van der Waals surface area (Å²) in [4.78, 5) is 27.1. The number of amides is 2. The van der Waals surface area contributed by atoms with Crippen LogP contribution >= 0.6 is 0 Å². The van der Waals surface area contributed by atoms with Crippen molar-refractivity contribution in [3.8, 4) is 0 Å². The molecule has 0 bridgehead atoms. The number of cyclic esters (lactones) is 1. The van der Waals surface area contributed by atoms with Gasteiger partial charge in [0.15, 0.2) is 6.04 Å². The molecule has 2 aliphatic heterocycles. The summed E-state index contributed by atoms with van der Waals surface area (Å²) in [6.45, 7) is 5.73. The molecule has 0 radical (unpaired) electrons. The molecule has 2 aliphatic rings. The first-order valence-corrected chi connectivity index (χ1v) is 5.94. The zero-order valence-corrected chi connectivity index (χ0v) is 9.81. The molecule has 90 valence electrons. The molecular formula is C11H18N2O3. The summed E-state index contributed by atoms with van der Waals surface area (Å²) >= 11 is 0. The maximum Gasteiger partial charge on any atom is 0.331 e. The van der Waals surface area contributed by atoms with E-state index >= 15 is 0 Å². The number of esters is 1. The Kier molecular flexibility index (Phi) is 3.03. The van der Waals surface area contributed by atoms with Gasteiger partial charge in [0.05, 0.1) is 6.04 Å². The number of carbonyl (C=O) groups is 2. The van der Waals surface area contributed by atoms with E-state index in [-0.39, 0.29) is 24.1 Å². The Balaban J connectivity index is 2.20. The van der Waals surface area contributed by atoms with Crippen molar-refractivity contribution in [2.75, 3.05) is 19.7 Å². The van der Waals surface area contributed by atoms with E-state index in [0.29, 0.717) is 19.7 Å². The maximum absolute atomic E-state index is 12.1. The fourth-order valence-electron chi connectivity index (χ4n) is 2.50. The molecule has 0 aliphatic carbocycles. The van der Waals surface area contributed by atoms with Crippen molar-refractivity contribution in [1.82, 2.24) is 9.80 Å². The molecule has 0 aromatic carbocycles. The molecule has 2 rings (SSSR count). The van der Waals surface area contributed by atoms with Gasteiger partial charge in [0.25, 0.3) is 0 Å². The fraction of sp³-hybridized carbons (Fsp3) is 0.818. The van der Waals surface area contributed by atoms with Crippen LogP contribution in [-0.4, -0.2) is 53.6 Å². The number of ether oxygens (including phenoxy) is 1. The summed E-state index contributed by atoms with van der Waals surface area (Å²) in [5.74, 6) is -0.245. The molecule has 16 heavy (non-hydrogen) atoms. The van der Waals surface area contributed by atoms with Gasteiger partial charge in [-0.05, 0) is 12.8 Å². The molecule has 2 unspecified atom stereocenters. The summed E-state index contributed by atoms with van der Waals surface area (Å²) in [5.41, 5.74) is 0. The van der Waals surface area contributed by atoms with Crippen LogP contribution < -0.4 is 0 Å². The third kappa shape index (κ3) is 1.54. The van der Waals surface area contributed by atoms with Gasteiger partial charge < -0.3 is 14.5 Å². The highest BCUT2D eigenvalue weighted by molar-refractivity contribution is 5.90. The second-order valence-corrected chi connectivity index (χ2v) is 4.31. The van der Waals surface area contributed by atoms with Gasteiger partial charge in [-0.15, -0.1) is 0 Å². The Bertz CT molecular complexity index is 306. The van der Waals surface area contributed by atoms with Crippen molar-refractivity contribution < 1.29 is 14.3 Å². The van der Waals surface area contributed by atoms with Crippen LogP contribution in [-0.2, 0) is 9.53 Å². The smallest absolute Gasteiger partial charge is 0.331 e. The van der Waals surface area contributed by atoms with Crippen LogP contribution in [0.4, 0.5) is 4.79 Å². The lowest BCUT2D eigenvalue weighted by Gasteiger charge is -2.21. The van der Waals surface area contributed by atoms with Crippen LogP contribution in [0.15, 0.2) is 0 Å². The topological polar surface area (TPSA) is 49.9 Å². The Morgan fingerprint density at radius 1 is 1.19 bits per heavy atom. The predicted molar refractivity (Wildman–Crippen MR) is 57.9 cm³/mol. The van der Waals surface area contributed by atoms with E-state index in [0.717, 1.165) is 12.8 Å². The summed E-state index contributed by atoms with van der Waals surface area (Å²) in [7, 11) is 0. The van der Waals surface area contributed by atoms with E-state index < -0.39 is 0 Å². The van der Waals surface area contributed by atoms with E-state index in [4.69, 9.17) is 4.74 Å². The number of urea groups is 1. The van der Waals surface area contributed by atoms with Gasteiger partial charge in [-0.1, -0.05) is 13.8 Å². The second kappa shape index (κ2) is 4.31. The molecule has 0 saturated carbocycles. The lowest BCUT2D eigenvalue weighted by atomic mass is 10.1. The molecular weight excluding hydrogens is 208 g/mol. The van der Waals surface area contributed by atoms with Crippen molar-refractivity contribution >= 4 is 12.0 Å². The molecule has 2 heterocycles. The molecule has 0 N–H and O–H groups in total. The Hall–Kier alpha value is -1.26. The first-order chi connectivity index (χ1) is 7.70. The number of carbonyl (C=O) groups excluding carboxylic acids is 2. The molecule has 0 aromatic rings. The summed E-state index contributed by atoms with van der Waals surface area (Å²) in [6.07, 6.45) is 1.77. The minimum atomic E-state index is -0.362. The highest BCUT2D eigenvalue weighted by Gasteiger charge is 2.53. The SMILES string of the molecule is CCCN1C(=O)N(CCC)C2C(=O)OCC21. The van der Waals surface area contributed by atoms with Crippen LogP contribution in [0, 0.1) is 0 Å². The van der Waals surface area contributed by atoms with E-state index in [2.05, 4.69) is 0 Å². The summed E-state index contributed by atoms with van der Waals surface area (Å²) < 4.78 is 5.05. The average molecular weight is 226 g/mol. The Morgan fingerprint density at radius 3 is 2.44 bits per heavy atom. The van der Waals surface area contributed by atoms with Crippen molar-refractivity contribution in [1.29, 1.82) is 0 Å². The van der Waals surface area contributed by atoms with Crippen LogP contribution in [0.2, 0.25) is 0 Å². The lowest BCUT2D eigenvalue weighted by Crippen LogP contribution is -2.39. The summed E-state index contributed by atoms with van der Waals surface area (Å²) in [6, 6.07) is -0.430. The van der Waals surface area contributed by atoms with Crippen LogP contribution in [0.1, 0.15) is 26.7 Å². The maximum atomic E-state index is 12.1. The van der Waals surface area contributed by atoms with Gasteiger partial charge in [0.2, 0.25) is 0 Å². The van der Waals surface area contributed by atoms with Crippen molar-refractivity contribution in [2.24, 2.45) is 0 Å². The first-order valence-electron chi connectivity index (χ1n) is 5.94. The number of hydrogen-bond donors (Lipinski definition) is 0. The minimum Gasteiger partial charge on any atom is -0.462 e.